The Morgan fingerprint density at radius 2 is 2.00 bits per heavy atom. The maximum Gasteiger partial charge on any atom is 0.239 e. The fraction of sp³-hybridized carbons (Fsp3) is 0.579. The molecule has 2 rings (SSSR count). The van der Waals surface area contributed by atoms with Crippen molar-refractivity contribution < 1.29 is 14.3 Å². The van der Waals surface area contributed by atoms with Crippen molar-refractivity contribution in [1.82, 2.24) is 10.6 Å². The van der Waals surface area contributed by atoms with E-state index < -0.39 is 0 Å². The number of benzene rings is 1. The van der Waals surface area contributed by atoms with Crippen molar-refractivity contribution in [1.29, 1.82) is 0 Å². The van der Waals surface area contributed by atoms with E-state index in [0.29, 0.717) is 24.8 Å². The van der Waals surface area contributed by atoms with Crippen LogP contribution < -0.4 is 10.6 Å². The average Bonchev–Trinajstić information content (AvgIpc) is 2.64. The molecule has 1 saturated heterocycles. The molecule has 1 aliphatic rings. The molecule has 1 aromatic carbocycles. The van der Waals surface area contributed by atoms with Gasteiger partial charge in [-0.2, -0.15) is 0 Å². The zero-order valence-corrected chi connectivity index (χ0v) is 15.7. The second-order valence-electron chi connectivity index (χ2n) is 6.71. The minimum Gasteiger partial charge on any atom is -0.381 e. The van der Waals surface area contributed by atoms with Crippen LogP contribution >= 0.6 is 11.6 Å². The topological polar surface area (TPSA) is 67.4 Å². The summed E-state index contributed by atoms with van der Waals surface area (Å²) in [5.41, 5.74) is 0.937. The molecule has 1 atom stereocenters. The third kappa shape index (κ3) is 5.44. The molecule has 2 amide bonds. The molecule has 1 unspecified atom stereocenters. The Hall–Kier alpha value is -1.59. The van der Waals surface area contributed by atoms with Crippen LogP contribution in [0.4, 0.5) is 0 Å². The summed E-state index contributed by atoms with van der Waals surface area (Å²) < 4.78 is 5.50. The summed E-state index contributed by atoms with van der Waals surface area (Å²) in [4.78, 5) is 23.9. The number of halogens is 1. The van der Waals surface area contributed by atoms with Crippen LogP contribution in [0.15, 0.2) is 24.3 Å². The molecule has 5 nitrogen and oxygen atoms in total. The minimum atomic E-state index is -0.181. The Bertz CT molecular complexity index is 600. The highest BCUT2D eigenvalue weighted by Gasteiger charge is 2.35. The molecule has 2 N–H and O–H groups in total. The fourth-order valence-electron chi connectivity index (χ4n) is 3.01. The van der Waals surface area contributed by atoms with E-state index in [1.165, 1.54) is 0 Å². The summed E-state index contributed by atoms with van der Waals surface area (Å²) in [6.45, 7) is 5.63. The van der Waals surface area contributed by atoms with Crippen molar-refractivity contribution in [2.45, 2.75) is 38.5 Å². The molecular formula is C19H27ClN2O3. The molecule has 1 fully saturated rings. The van der Waals surface area contributed by atoms with Gasteiger partial charge in [0, 0.05) is 36.1 Å². The van der Waals surface area contributed by atoms with Crippen molar-refractivity contribution in [3.8, 4) is 0 Å². The minimum absolute atomic E-state index is 0.00526. The molecular weight excluding hydrogens is 340 g/mol. The van der Waals surface area contributed by atoms with Crippen LogP contribution in [-0.2, 0) is 19.7 Å². The number of ether oxygens (including phenoxy) is 1. The zero-order valence-electron chi connectivity index (χ0n) is 14.9. The number of rotatable bonds is 7. The van der Waals surface area contributed by atoms with E-state index in [0.717, 1.165) is 24.8 Å². The van der Waals surface area contributed by atoms with Crippen molar-refractivity contribution in [3.63, 3.8) is 0 Å². The number of carbonyl (C=O) groups is 2. The molecule has 0 saturated carbocycles. The monoisotopic (exact) mass is 366 g/mol. The number of amides is 2. The SMILES string of the molecule is CCC(C)C(=O)NCC(=O)NCC1(c2cccc(Cl)c2)CCOCC1. The molecule has 6 heteroatoms. The molecule has 0 radical (unpaired) electrons. The van der Waals surface area contributed by atoms with Gasteiger partial charge in [-0.3, -0.25) is 9.59 Å². The maximum atomic E-state index is 12.2. The van der Waals surface area contributed by atoms with Crippen LogP contribution in [0.1, 0.15) is 38.7 Å². The van der Waals surface area contributed by atoms with Gasteiger partial charge in [-0.25, -0.2) is 0 Å². The summed E-state index contributed by atoms with van der Waals surface area (Å²) in [6.07, 6.45) is 2.41. The van der Waals surface area contributed by atoms with Gasteiger partial charge in [0.25, 0.3) is 0 Å². The molecule has 1 aromatic rings. The normalized spacial score (nSPS) is 17.6. The second-order valence-corrected chi connectivity index (χ2v) is 7.14. The van der Waals surface area contributed by atoms with Crippen molar-refractivity contribution in [2.75, 3.05) is 26.3 Å². The molecule has 1 heterocycles. The summed E-state index contributed by atoms with van der Waals surface area (Å²) in [5.74, 6) is -0.348. The highest BCUT2D eigenvalue weighted by atomic mass is 35.5. The summed E-state index contributed by atoms with van der Waals surface area (Å²) >= 11 is 6.15. The first-order chi connectivity index (χ1) is 12.0. The lowest BCUT2D eigenvalue weighted by Crippen LogP contribution is -2.47. The van der Waals surface area contributed by atoms with Crippen LogP contribution in [0.25, 0.3) is 0 Å². The van der Waals surface area contributed by atoms with Gasteiger partial charge in [-0.1, -0.05) is 37.6 Å². The van der Waals surface area contributed by atoms with Crippen LogP contribution in [0, 0.1) is 5.92 Å². The van der Waals surface area contributed by atoms with Crippen molar-refractivity contribution >= 4 is 23.4 Å². The van der Waals surface area contributed by atoms with E-state index in [2.05, 4.69) is 10.6 Å². The number of nitrogens with one attached hydrogen (secondary N) is 2. The lowest BCUT2D eigenvalue weighted by Gasteiger charge is -2.38. The van der Waals surface area contributed by atoms with Crippen LogP contribution in [0.2, 0.25) is 5.02 Å². The molecule has 0 aliphatic carbocycles. The van der Waals surface area contributed by atoms with E-state index in [-0.39, 0.29) is 29.7 Å². The first-order valence-corrected chi connectivity index (χ1v) is 9.23. The third-order valence-corrected chi connectivity index (χ3v) is 5.23. The highest BCUT2D eigenvalue weighted by molar-refractivity contribution is 6.30. The smallest absolute Gasteiger partial charge is 0.239 e. The highest BCUT2D eigenvalue weighted by Crippen LogP contribution is 2.35. The molecule has 25 heavy (non-hydrogen) atoms. The summed E-state index contributed by atoms with van der Waals surface area (Å²) in [6, 6.07) is 7.79. The Balaban J connectivity index is 1.96. The van der Waals surface area contributed by atoms with Gasteiger partial charge in [-0.05, 0) is 37.0 Å². The second kappa shape index (κ2) is 9.20. The van der Waals surface area contributed by atoms with E-state index in [9.17, 15) is 9.59 Å². The van der Waals surface area contributed by atoms with Crippen molar-refractivity contribution in [3.05, 3.63) is 34.9 Å². The van der Waals surface area contributed by atoms with Crippen LogP contribution in [0.5, 0.6) is 0 Å². The first kappa shape index (κ1) is 19.7. The van der Waals surface area contributed by atoms with Gasteiger partial charge in [0.1, 0.15) is 0 Å². The zero-order chi connectivity index (χ0) is 18.3. The Morgan fingerprint density at radius 3 is 2.64 bits per heavy atom. The lowest BCUT2D eigenvalue weighted by molar-refractivity contribution is -0.128. The Kier molecular flexibility index (Phi) is 7.26. The first-order valence-electron chi connectivity index (χ1n) is 8.85. The quantitative estimate of drug-likeness (QED) is 0.779. The van der Waals surface area contributed by atoms with E-state index in [1.54, 1.807) is 0 Å². The van der Waals surface area contributed by atoms with Gasteiger partial charge in [0.05, 0.1) is 6.54 Å². The summed E-state index contributed by atoms with van der Waals surface area (Å²) in [5, 5.41) is 6.35. The lowest BCUT2D eigenvalue weighted by atomic mass is 9.74. The Morgan fingerprint density at radius 1 is 1.28 bits per heavy atom. The largest absolute Gasteiger partial charge is 0.381 e. The molecule has 0 spiro atoms. The van der Waals surface area contributed by atoms with Gasteiger partial charge in [-0.15, -0.1) is 0 Å². The predicted molar refractivity (Wildman–Crippen MR) is 98.7 cm³/mol. The average molecular weight is 367 g/mol. The van der Waals surface area contributed by atoms with Crippen LogP contribution in [0.3, 0.4) is 0 Å². The summed E-state index contributed by atoms with van der Waals surface area (Å²) in [7, 11) is 0. The standard InChI is InChI=1S/C19H27ClN2O3/c1-3-14(2)18(24)21-12-17(23)22-13-19(7-9-25-10-8-19)15-5-4-6-16(20)11-15/h4-6,11,14H,3,7-10,12-13H2,1-2H3,(H,21,24)(H,22,23). The van der Waals surface area contributed by atoms with Gasteiger partial charge in [0.2, 0.25) is 11.8 Å². The number of hydrogen-bond acceptors (Lipinski definition) is 3. The third-order valence-electron chi connectivity index (χ3n) is 4.99. The molecule has 0 aromatic heterocycles. The Labute approximate surface area is 154 Å². The molecule has 0 bridgehead atoms. The predicted octanol–water partition coefficient (Wildman–Crippen LogP) is 2.67. The van der Waals surface area contributed by atoms with Gasteiger partial charge < -0.3 is 15.4 Å². The molecule has 1 aliphatic heterocycles. The number of carbonyl (C=O) groups excluding carboxylic acids is 2. The van der Waals surface area contributed by atoms with Crippen LogP contribution in [-0.4, -0.2) is 38.1 Å². The van der Waals surface area contributed by atoms with E-state index in [1.807, 2.05) is 38.1 Å². The van der Waals surface area contributed by atoms with Gasteiger partial charge in [0.15, 0.2) is 0 Å². The van der Waals surface area contributed by atoms with Gasteiger partial charge >= 0.3 is 0 Å². The van der Waals surface area contributed by atoms with E-state index >= 15 is 0 Å². The maximum absolute atomic E-state index is 12.2. The number of hydrogen-bond donors (Lipinski definition) is 2. The molecule has 138 valence electrons. The fourth-order valence-corrected chi connectivity index (χ4v) is 3.20. The van der Waals surface area contributed by atoms with E-state index in [4.69, 9.17) is 16.3 Å². The van der Waals surface area contributed by atoms with Crippen molar-refractivity contribution in [2.24, 2.45) is 5.92 Å².